The third-order valence-electron chi connectivity index (χ3n) is 3.84. The maximum absolute atomic E-state index is 13.9. The second-order valence-electron chi connectivity index (χ2n) is 5.60. The summed E-state index contributed by atoms with van der Waals surface area (Å²) in [6.45, 7) is -0.0153. The quantitative estimate of drug-likeness (QED) is 0.657. The lowest BCUT2D eigenvalue weighted by Gasteiger charge is -2.19. The highest BCUT2D eigenvalue weighted by Crippen LogP contribution is 2.29. The first-order chi connectivity index (χ1) is 12.0. The second-order valence-corrected chi connectivity index (χ2v) is 6.01. The van der Waals surface area contributed by atoms with E-state index >= 15 is 0 Å². The minimum absolute atomic E-state index is 0.0153. The Labute approximate surface area is 149 Å². The van der Waals surface area contributed by atoms with Crippen LogP contribution in [0.15, 0.2) is 48.9 Å². The fourth-order valence-corrected chi connectivity index (χ4v) is 2.87. The predicted molar refractivity (Wildman–Crippen MR) is 90.0 cm³/mol. The Morgan fingerprint density at radius 2 is 2.08 bits per heavy atom. The molecule has 0 radical (unpaired) electrons. The van der Waals surface area contributed by atoms with E-state index in [1.807, 2.05) is 12.1 Å². The molecule has 3 aromatic rings. The summed E-state index contributed by atoms with van der Waals surface area (Å²) < 4.78 is 34.5. The molecule has 0 unspecified atom stereocenters. The minimum atomic E-state index is -0.642. The van der Waals surface area contributed by atoms with Crippen LogP contribution in [0.2, 0.25) is 5.02 Å². The van der Waals surface area contributed by atoms with Crippen LogP contribution >= 0.6 is 11.6 Å². The molecule has 0 aliphatic carbocycles. The summed E-state index contributed by atoms with van der Waals surface area (Å²) in [5.74, 6) is -1.26. The van der Waals surface area contributed by atoms with E-state index in [4.69, 9.17) is 16.3 Å². The summed E-state index contributed by atoms with van der Waals surface area (Å²) in [7, 11) is 1.76. The van der Waals surface area contributed by atoms with Gasteiger partial charge in [-0.15, -0.1) is 0 Å². The lowest BCUT2D eigenvalue weighted by molar-refractivity contribution is 0.0331. The van der Waals surface area contributed by atoms with Crippen LogP contribution < -0.4 is 0 Å². The van der Waals surface area contributed by atoms with Gasteiger partial charge < -0.3 is 4.74 Å². The molecule has 0 amide bonds. The SMILES string of the molecule is Cn1ncc(Cl)c1[C@@H](Cc1cccnc1)OCc1ccc(F)cc1F. The van der Waals surface area contributed by atoms with Crippen molar-refractivity contribution >= 4 is 11.6 Å². The van der Waals surface area contributed by atoms with Gasteiger partial charge in [-0.2, -0.15) is 5.10 Å². The summed E-state index contributed by atoms with van der Waals surface area (Å²) in [5, 5.41) is 4.60. The number of aromatic nitrogens is 3. The highest BCUT2D eigenvalue weighted by atomic mass is 35.5. The maximum atomic E-state index is 13.9. The van der Waals surface area contributed by atoms with Gasteiger partial charge in [0.2, 0.25) is 0 Å². The molecule has 0 saturated heterocycles. The number of pyridine rings is 1. The number of hydrogen-bond donors (Lipinski definition) is 0. The largest absolute Gasteiger partial charge is 0.367 e. The van der Waals surface area contributed by atoms with Crippen molar-refractivity contribution < 1.29 is 13.5 Å². The zero-order chi connectivity index (χ0) is 17.8. The number of benzene rings is 1. The Morgan fingerprint density at radius 1 is 1.24 bits per heavy atom. The van der Waals surface area contributed by atoms with Crippen molar-refractivity contribution in [3.05, 3.63) is 82.4 Å². The van der Waals surface area contributed by atoms with Gasteiger partial charge in [0.25, 0.3) is 0 Å². The summed E-state index contributed by atoms with van der Waals surface area (Å²) in [6.07, 6.45) is 5.00. The number of hydrogen-bond acceptors (Lipinski definition) is 3. The Hall–Kier alpha value is -2.31. The second kappa shape index (κ2) is 7.72. The van der Waals surface area contributed by atoms with Gasteiger partial charge >= 0.3 is 0 Å². The van der Waals surface area contributed by atoms with E-state index in [1.165, 1.54) is 18.3 Å². The molecule has 4 nitrogen and oxygen atoms in total. The fourth-order valence-electron chi connectivity index (χ4n) is 2.58. The molecule has 2 heterocycles. The number of halogens is 3. The number of nitrogens with zero attached hydrogens (tertiary/aromatic N) is 3. The molecule has 0 aliphatic heterocycles. The molecule has 2 aromatic heterocycles. The third-order valence-corrected chi connectivity index (χ3v) is 4.13. The number of ether oxygens (including phenoxy) is 1. The molecule has 25 heavy (non-hydrogen) atoms. The van der Waals surface area contributed by atoms with Gasteiger partial charge in [0.05, 0.1) is 23.5 Å². The van der Waals surface area contributed by atoms with Crippen LogP contribution in [0.25, 0.3) is 0 Å². The van der Waals surface area contributed by atoms with Gasteiger partial charge in [0.1, 0.15) is 17.7 Å². The molecule has 0 saturated carbocycles. The molecular formula is C18H16ClF2N3O. The minimum Gasteiger partial charge on any atom is -0.367 e. The van der Waals surface area contributed by atoms with Crippen LogP contribution in [-0.4, -0.2) is 14.8 Å². The van der Waals surface area contributed by atoms with Gasteiger partial charge in [-0.25, -0.2) is 8.78 Å². The van der Waals surface area contributed by atoms with Gasteiger partial charge in [0.15, 0.2) is 0 Å². The highest BCUT2D eigenvalue weighted by molar-refractivity contribution is 6.31. The molecule has 130 valence electrons. The lowest BCUT2D eigenvalue weighted by atomic mass is 10.1. The molecule has 0 bridgehead atoms. The smallest absolute Gasteiger partial charge is 0.131 e. The molecule has 0 aliphatic rings. The van der Waals surface area contributed by atoms with Crippen LogP contribution in [-0.2, 0) is 24.8 Å². The molecular weight excluding hydrogens is 348 g/mol. The van der Waals surface area contributed by atoms with E-state index in [9.17, 15) is 8.78 Å². The van der Waals surface area contributed by atoms with Crippen molar-refractivity contribution in [3.8, 4) is 0 Å². The first-order valence-electron chi connectivity index (χ1n) is 7.66. The molecule has 0 N–H and O–H groups in total. The van der Waals surface area contributed by atoms with E-state index in [-0.39, 0.29) is 12.2 Å². The molecule has 3 rings (SSSR count). The van der Waals surface area contributed by atoms with Gasteiger partial charge in [0, 0.05) is 37.5 Å². The molecule has 1 aromatic carbocycles. The van der Waals surface area contributed by atoms with E-state index in [0.29, 0.717) is 17.1 Å². The Morgan fingerprint density at radius 3 is 2.72 bits per heavy atom. The summed E-state index contributed by atoms with van der Waals surface area (Å²) in [4.78, 5) is 4.09. The number of aryl methyl sites for hydroxylation is 1. The standard InChI is InChI=1S/C18H16ClF2N3O/c1-24-18(15(19)10-23-24)17(7-12-3-2-6-22-9-12)25-11-13-4-5-14(20)8-16(13)21/h2-6,8-10,17H,7,11H2,1H3/t17-/m1/s1. The number of rotatable bonds is 6. The summed E-state index contributed by atoms with van der Waals surface area (Å²) in [6, 6.07) is 7.17. The molecule has 0 fully saturated rings. The van der Waals surface area contributed by atoms with Gasteiger partial charge in [-0.05, 0) is 17.7 Å². The van der Waals surface area contributed by atoms with Crippen LogP contribution in [0.1, 0.15) is 22.9 Å². The Kier molecular flexibility index (Phi) is 5.40. The van der Waals surface area contributed by atoms with E-state index in [0.717, 1.165) is 11.6 Å². The van der Waals surface area contributed by atoms with Crippen LogP contribution in [0.3, 0.4) is 0 Å². The van der Waals surface area contributed by atoms with Crippen LogP contribution in [0, 0.1) is 11.6 Å². The maximum Gasteiger partial charge on any atom is 0.131 e. The van der Waals surface area contributed by atoms with E-state index in [2.05, 4.69) is 10.1 Å². The van der Waals surface area contributed by atoms with Crippen LogP contribution in [0.4, 0.5) is 8.78 Å². The topological polar surface area (TPSA) is 39.9 Å². The zero-order valence-corrected chi connectivity index (χ0v) is 14.3. The first-order valence-corrected chi connectivity index (χ1v) is 8.04. The average Bonchev–Trinajstić information content (AvgIpc) is 2.92. The average molecular weight is 364 g/mol. The summed E-state index contributed by atoms with van der Waals surface area (Å²) >= 11 is 6.24. The monoisotopic (exact) mass is 363 g/mol. The summed E-state index contributed by atoms with van der Waals surface area (Å²) in [5.41, 5.74) is 1.91. The third kappa shape index (κ3) is 4.21. The molecule has 0 spiro atoms. The van der Waals surface area contributed by atoms with Gasteiger partial charge in [-0.3, -0.25) is 9.67 Å². The van der Waals surface area contributed by atoms with Gasteiger partial charge in [-0.1, -0.05) is 23.7 Å². The molecule has 1 atom stereocenters. The van der Waals surface area contributed by atoms with Crippen molar-refractivity contribution in [2.45, 2.75) is 19.1 Å². The Bertz CT molecular complexity index is 835. The zero-order valence-electron chi connectivity index (χ0n) is 13.5. The first kappa shape index (κ1) is 17.5. The van der Waals surface area contributed by atoms with Crippen molar-refractivity contribution in [2.75, 3.05) is 0 Å². The fraction of sp³-hybridized carbons (Fsp3) is 0.222. The van der Waals surface area contributed by atoms with Crippen molar-refractivity contribution in [1.82, 2.24) is 14.8 Å². The predicted octanol–water partition coefficient (Wildman–Crippen LogP) is 4.25. The lowest BCUT2D eigenvalue weighted by Crippen LogP contribution is -2.13. The van der Waals surface area contributed by atoms with E-state index < -0.39 is 17.7 Å². The van der Waals surface area contributed by atoms with Crippen molar-refractivity contribution in [2.24, 2.45) is 7.05 Å². The van der Waals surface area contributed by atoms with Crippen molar-refractivity contribution in [3.63, 3.8) is 0 Å². The molecule has 7 heteroatoms. The van der Waals surface area contributed by atoms with E-state index in [1.54, 1.807) is 24.1 Å². The van der Waals surface area contributed by atoms with Crippen LogP contribution in [0.5, 0.6) is 0 Å². The Balaban J connectivity index is 1.83. The highest BCUT2D eigenvalue weighted by Gasteiger charge is 2.21. The normalized spacial score (nSPS) is 12.3. The van der Waals surface area contributed by atoms with Crippen molar-refractivity contribution in [1.29, 1.82) is 0 Å².